The summed E-state index contributed by atoms with van der Waals surface area (Å²) in [5.74, 6) is 0.986. The van der Waals surface area contributed by atoms with Crippen molar-refractivity contribution in [1.29, 1.82) is 5.26 Å². The number of nitrogens with zero attached hydrogens (tertiary/aromatic N) is 2. The minimum absolute atomic E-state index is 0.201. The first kappa shape index (κ1) is 11.6. The molecular weight excluding hydrogens is 218 g/mol. The molecule has 1 N–H and O–H groups in total. The van der Waals surface area contributed by atoms with E-state index in [0.717, 1.165) is 12.8 Å². The van der Waals surface area contributed by atoms with Crippen molar-refractivity contribution in [1.82, 2.24) is 10.3 Å². The quantitative estimate of drug-likeness (QED) is 0.861. The molecule has 5 heteroatoms. The van der Waals surface area contributed by atoms with E-state index in [2.05, 4.69) is 16.4 Å². The van der Waals surface area contributed by atoms with E-state index in [0.29, 0.717) is 24.5 Å². The van der Waals surface area contributed by atoms with Gasteiger partial charge in [-0.1, -0.05) is 12.8 Å². The predicted octanol–water partition coefficient (Wildman–Crippen LogP) is 1.68. The third-order valence-corrected chi connectivity index (χ3v) is 3.18. The highest BCUT2D eigenvalue weighted by Gasteiger charge is 2.41. The highest BCUT2D eigenvalue weighted by Crippen LogP contribution is 2.37. The molecule has 1 aliphatic carbocycles. The normalized spacial score (nSPS) is 17.6. The zero-order valence-corrected chi connectivity index (χ0v) is 9.82. The summed E-state index contributed by atoms with van der Waals surface area (Å²) in [7, 11) is 0. The van der Waals surface area contributed by atoms with Gasteiger partial charge in [0.1, 0.15) is 11.2 Å². The molecule has 90 valence electrons. The van der Waals surface area contributed by atoms with Crippen LogP contribution in [0.2, 0.25) is 0 Å². The van der Waals surface area contributed by atoms with Crippen molar-refractivity contribution in [2.45, 2.75) is 39.2 Å². The molecule has 0 saturated heterocycles. The van der Waals surface area contributed by atoms with Gasteiger partial charge in [-0.05, 0) is 19.8 Å². The molecule has 1 fully saturated rings. The van der Waals surface area contributed by atoms with Crippen molar-refractivity contribution >= 4 is 5.91 Å². The van der Waals surface area contributed by atoms with E-state index < -0.39 is 5.41 Å². The molecule has 5 nitrogen and oxygen atoms in total. The molecule has 2 rings (SSSR count). The standard InChI is InChI=1S/C12H15N3O2/c1-9-6-14-10(17-9)7-15-11(16)12(8-13)4-2-3-5-12/h6H,2-5,7H2,1H3,(H,15,16). The van der Waals surface area contributed by atoms with Crippen LogP contribution in [0.5, 0.6) is 0 Å². The van der Waals surface area contributed by atoms with Crippen LogP contribution in [0, 0.1) is 23.7 Å². The summed E-state index contributed by atoms with van der Waals surface area (Å²) < 4.78 is 5.25. The number of oxazole rings is 1. The van der Waals surface area contributed by atoms with Crippen LogP contribution in [-0.4, -0.2) is 10.9 Å². The van der Waals surface area contributed by atoms with E-state index in [1.165, 1.54) is 0 Å². The summed E-state index contributed by atoms with van der Waals surface area (Å²) in [4.78, 5) is 16.0. The van der Waals surface area contributed by atoms with Crippen LogP contribution in [0.15, 0.2) is 10.6 Å². The number of nitriles is 1. The minimum atomic E-state index is -0.832. The summed E-state index contributed by atoms with van der Waals surface area (Å²) in [6, 6.07) is 2.16. The Morgan fingerprint density at radius 1 is 1.65 bits per heavy atom. The molecule has 0 unspecified atom stereocenters. The lowest BCUT2D eigenvalue weighted by Crippen LogP contribution is -2.37. The van der Waals surface area contributed by atoms with E-state index in [4.69, 9.17) is 9.68 Å². The van der Waals surface area contributed by atoms with E-state index in [9.17, 15) is 4.79 Å². The first-order chi connectivity index (χ1) is 8.16. The van der Waals surface area contributed by atoms with Gasteiger partial charge < -0.3 is 9.73 Å². The average Bonchev–Trinajstić information content (AvgIpc) is 2.95. The van der Waals surface area contributed by atoms with Crippen molar-refractivity contribution in [2.75, 3.05) is 0 Å². The van der Waals surface area contributed by atoms with Crippen molar-refractivity contribution in [3.05, 3.63) is 17.8 Å². The van der Waals surface area contributed by atoms with Crippen LogP contribution in [0.3, 0.4) is 0 Å². The number of amides is 1. The van der Waals surface area contributed by atoms with Crippen LogP contribution in [0.25, 0.3) is 0 Å². The number of hydrogen-bond acceptors (Lipinski definition) is 4. The molecule has 0 aliphatic heterocycles. The zero-order valence-electron chi connectivity index (χ0n) is 9.82. The lowest BCUT2D eigenvalue weighted by Gasteiger charge is -2.18. The Morgan fingerprint density at radius 3 is 2.88 bits per heavy atom. The van der Waals surface area contributed by atoms with Crippen LogP contribution < -0.4 is 5.32 Å². The fourth-order valence-electron chi connectivity index (χ4n) is 2.18. The summed E-state index contributed by atoms with van der Waals surface area (Å²) in [6.45, 7) is 2.04. The van der Waals surface area contributed by atoms with Gasteiger partial charge in [0.2, 0.25) is 11.8 Å². The minimum Gasteiger partial charge on any atom is -0.444 e. The Labute approximate surface area is 99.8 Å². The molecule has 0 spiro atoms. The van der Waals surface area contributed by atoms with Crippen molar-refractivity contribution in [3.63, 3.8) is 0 Å². The van der Waals surface area contributed by atoms with Crippen molar-refractivity contribution in [2.24, 2.45) is 5.41 Å². The topological polar surface area (TPSA) is 78.9 Å². The molecule has 1 aromatic heterocycles. The maximum absolute atomic E-state index is 12.0. The summed E-state index contributed by atoms with van der Waals surface area (Å²) >= 11 is 0. The lowest BCUT2D eigenvalue weighted by atomic mass is 9.87. The molecule has 1 amide bonds. The van der Waals surface area contributed by atoms with Gasteiger partial charge in [-0.15, -0.1) is 0 Å². The van der Waals surface area contributed by atoms with Gasteiger partial charge in [-0.2, -0.15) is 5.26 Å². The van der Waals surface area contributed by atoms with Gasteiger partial charge in [0.05, 0.1) is 18.8 Å². The van der Waals surface area contributed by atoms with Gasteiger partial charge in [0.25, 0.3) is 0 Å². The van der Waals surface area contributed by atoms with E-state index in [-0.39, 0.29) is 12.5 Å². The largest absolute Gasteiger partial charge is 0.444 e. The Morgan fingerprint density at radius 2 is 2.35 bits per heavy atom. The smallest absolute Gasteiger partial charge is 0.240 e. The fourth-order valence-corrected chi connectivity index (χ4v) is 2.18. The monoisotopic (exact) mass is 233 g/mol. The maximum Gasteiger partial charge on any atom is 0.240 e. The number of rotatable bonds is 3. The van der Waals surface area contributed by atoms with Gasteiger partial charge in [-0.3, -0.25) is 4.79 Å². The molecule has 1 aliphatic rings. The third-order valence-electron chi connectivity index (χ3n) is 3.18. The van der Waals surface area contributed by atoms with Crippen LogP contribution in [-0.2, 0) is 11.3 Å². The van der Waals surface area contributed by atoms with Gasteiger partial charge in [0, 0.05) is 0 Å². The van der Waals surface area contributed by atoms with E-state index >= 15 is 0 Å². The number of carbonyl (C=O) groups is 1. The second-order valence-electron chi connectivity index (χ2n) is 4.45. The Kier molecular flexibility index (Phi) is 3.14. The molecule has 0 aromatic carbocycles. The van der Waals surface area contributed by atoms with Gasteiger partial charge >= 0.3 is 0 Å². The number of nitrogens with one attached hydrogen (secondary N) is 1. The summed E-state index contributed by atoms with van der Waals surface area (Å²) in [6.07, 6.45) is 4.80. The molecule has 0 radical (unpaired) electrons. The second-order valence-corrected chi connectivity index (χ2v) is 4.45. The number of aryl methyl sites for hydroxylation is 1. The highest BCUT2D eigenvalue weighted by molar-refractivity contribution is 5.85. The average molecular weight is 233 g/mol. The first-order valence-electron chi connectivity index (χ1n) is 5.77. The predicted molar refractivity (Wildman–Crippen MR) is 59.6 cm³/mol. The first-order valence-corrected chi connectivity index (χ1v) is 5.77. The Bertz CT molecular complexity index is 453. The maximum atomic E-state index is 12.0. The Balaban J connectivity index is 1.95. The molecule has 1 saturated carbocycles. The van der Waals surface area contributed by atoms with Gasteiger partial charge in [0.15, 0.2) is 0 Å². The summed E-state index contributed by atoms with van der Waals surface area (Å²) in [5, 5.41) is 11.9. The van der Waals surface area contributed by atoms with Crippen LogP contribution in [0.1, 0.15) is 37.3 Å². The molecule has 0 bridgehead atoms. The number of hydrogen-bond donors (Lipinski definition) is 1. The molecule has 1 heterocycles. The Hall–Kier alpha value is -1.83. The third kappa shape index (κ3) is 2.31. The number of carbonyl (C=O) groups excluding carboxylic acids is 1. The van der Waals surface area contributed by atoms with Crippen LogP contribution in [0.4, 0.5) is 0 Å². The molecule has 0 atom stereocenters. The highest BCUT2D eigenvalue weighted by atomic mass is 16.4. The van der Waals surface area contributed by atoms with E-state index in [1.807, 2.05) is 0 Å². The van der Waals surface area contributed by atoms with Crippen molar-refractivity contribution < 1.29 is 9.21 Å². The zero-order chi connectivity index (χ0) is 12.3. The fraction of sp³-hybridized carbons (Fsp3) is 0.583. The van der Waals surface area contributed by atoms with E-state index in [1.54, 1.807) is 13.1 Å². The molecular formula is C12H15N3O2. The second kappa shape index (κ2) is 4.58. The van der Waals surface area contributed by atoms with Gasteiger partial charge in [-0.25, -0.2) is 4.98 Å². The van der Waals surface area contributed by atoms with Crippen LogP contribution >= 0.6 is 0 Å². The number of aromatic nitrogens is 1. The SMILES string of the molecule is Cc1cnc(CNC(=O)C2(C#N)CCCC2)o1. The lowest BCUT2D eigenvalue weighted by molar-refractivity contribution is -0.128. The molecule has 17 heavy (non-hydrogen) atoms. The molecule has 1 aromatic rings. The summed E-state index contributed by atoms with van der Waals surface area (Å²) in [5.41, 5.74) is -0.832. The van der Waals surface area contributed by atoms with Crippen molar-refractivity contribution in [3.8, 4) is 6.07 Å².